The minimum atomic E-state index is -0.323. The number of carbonyl (C=O) groups is 1. The highest BCUT2D eigenvalue weighted by atomic mass is 32.1. The van der Waals surface area contributed by atoms with Gasteiger partial charge in [0.15, 0.2) is 5.11 Å². The number of hydrazone groups is 1. The van der Waals surface area contributed by atoms with Crippen LogP contribution in [-0.2, 0) is 4.74 Å². The third kappa shape index (κ3) is 3.57. The number of thiocarbonyl (C=S) groups is 1. The van der Waals surface area contributed by atoms with Crippen LogP contribution in [0.1, 0.15) is 41.2 Å². The van der Waals surface area contributed by atoms with E-state index in [2.05, 4.69) is 20.8 Å². The number of aryl methyl sites for hydroxylation is 1. The van der Waals surface area contributed by atoms with Gasteiger partial charge in [-0.1, -0.05) is 0 Å². The molecule has 0 aliphatic heterocycles. The van der Waals surface area contributed by atoms with E-state index in [4.69, 9.17) is 17.0 Å². The second-order valence-corrected chi connectivity index (χ2v) is 4.64. The number of aromatic amines is 1. The molecule has 1 aromatic rings. The summed E-state index contributed by atoms with van der Waals surface area (Å²) in [5.41, 5.74) is 6.36. The van der Waals surface area contributed by atoms with Crippen molar-refractivity contribution in [2.75, 3.05) is 13.7 Å². The predicted molar refractivity (Wildman–Crippen MR) is 83.2 cm³/mol. The summed E-state index contributed by atoms with van der Waals surface area (Å²) in [6.07, 6.45) is 0. The smallest absolute Gasteiger partial charge is 0.340 e. The normalized spacial score (nSPS) is 11.2. The number of hydrogen-bond donors (Lipinski definition) is 3. The Kier molecular flexibility index (Phi) is 5.69. The number of hydrogen-bond acceptors (Lipinski definition) is 4. The van der Waals surface area contributed by atoms with Crippen molar-refractivity contribution in [1.29, 1.82) is 0 Å². The van der Waals surface area contributed by atoms with Gasteiger partial charge in [0, 0.05) is 12.7 Å². The first kappa shape index (κ1) is 16.2. The van der Waals surface area contributed by atoms with Crippen LogP contribution >= 0.6 is 12.2 Å². The Morgan fingerprint density at radius 1 is 1.45 bits per heavy atom. The Morgan fingerprint density at radius 3 is 2.65 bits per heavy atom. The molecule has 0 spiro atoms. The molecule has 20 heavy (non-hydrogen) atoms. The molecule has 0 saturated carbocycles. The monoisotopic (exact) mass is 296 g/mol. The van der Waals surface area contributed by atoms with Gasteiger partial charge >= 0.3 is 5.97 Å². The van der Waals surface area contributed by atoms with E-state index in [0.717, 1.165) is 17.0 Å². The minimum Gasteiger partial charge on any atom is -0.462 e. The molecule has 0 atom stereocenters. The Balaban J connectivity index is 3.06. The van der Waals surface area contributed by atoms with Crippen LogP contribution in [0.3, 0.4) is 0 Å². The third-order valence-electron chi connectivity index (χ3n) is 2.83. The number of esters is 1. The first-order chi connectivity index (χ1) is 9.42. The summed E-state index contributed by atoms with van der Waals surface area (Å²) in [6.45, 7) is 7.66. The maximum Gasteiger partial charge on any atom is 0.340 e. The molecule has 0 bridgehead atoms. The zero-order valence-corrected chi connectivity index (χ0v) is 13.2. The third-order valence-corrected chi connectivity index (χ3v) is 3.13. The van der Waals surface area contributed by atoms with Crippen molar-refractivity contribution in [3.63, 3.8) is 0 Å². The molecular weight excluding hydrogens is 276 g/mol. The van der Waals surface area contributed by atoms with Crippen molar-refractivity contribution in [2.45, 2.75) is 27.7 Å². The van der Waals surface area contributed by atoms with E-state index >= 15 is 0 Å². The Hall–Kier alpha value is -1.89. The lowest BCUT2D eigenvalue weighted by Crippen LogP contribution is -2.29. The standard InChI is InChI=1S/C13H20N4O2S/c1-6-19-12(18)10-7(2)11(15-8(10)3)9(4)16-17-13(20)14-5/h15H,6H2,1-5H3,(H2,14,17,20). The summed E-state index contributed by atoms with van der Waals surface area (Å²) in [4.78, 5) is 15.1. The van der Waals surface area contributed by atoms with E-state index in [0.29, 0.717) is 23.0 Å². The number of nitrogens with one attached hydrogen (secondary N) is 3. The molecule has 0 fully saturated rings. The van der Waals surface area contributed by atoms with Gasteiger partial charge in [-0.2, -0.15) is 5.10 Å². The second-order valence-electron chi connectivity index (χ2n) is 4.23. The summed E-state index contributed by atoms with van der Waals surface area (Å²) in [7, 11) is 1.71. The first-order valence-corrected chi connectivity index (χ1v) is 6.71. The fourth-order valence-corrected chi connectivity index (χ4v) is 1.91. The van der Waals surface area contributed by atoms with Crippen molar-refractivity contribution in [3.05, 3.63) is 22.5 Å². The molecular formula is C13H20N4O2S. The van der Waals surface area contributed by atoms with Gasteiger partial charge in [0.1, 0.15) is 0 Å². The molecule has 0 aromatic carbocycles. The maximum absolute atomic E-state index is 11.9. The highest BCUT2D eigenvalue weighted by Crippen LogP contribution is 2.19. The van der Waals surface area contributed by atoms with Crippen molar-refractivity contribution >= 4 is 29.0 Å². The van der Waals surface area contributed by atoms with E-state index < -0.39 is 0 Å². The number of aromatic nitrogens is 1. The van der Waals surface area contributed by atoms with E-state index in [1.165, 1.54) is 0 Å². The molecule has 1 heterocycles. The van der Waals surface area contributed by atoms with E-state index in [1.54, 1.807) is 14.0 Å². The lowest BCUT2D eigenvalue weighted by atomic mass is 10.1. The fourth-order valence-electron chi connectivity index (χ4n) is 1.87. The van der Waals surface area contributed by atoms with E-state index in [9.17, 15) is 4.79 Å². The van der Waals surface area contributed by atoms with Gasteiger partial charge in [0.05, 0.1) is 23.6 Å². The van der Waals surface area contributed by atoms with Crippen LogP contribution in [0.2, 0.25) is 0 Å². The molecule has 0 radical (unpaired) electrons. The Morgan fingerprint density at radius 2 is 2.10 bits per heavy atom. The van der Waals surface area contributed by atoms with Gasteiger partial charge in [-0.15, -0.1) is 0 Å². The van der Waals surface area contributed by atoms with Gasteiger partial charge in [-0.25, -0.2) is 4.79 Å². The summed E-state index contributed by atoms with van der Waals surface area (Å²) in [6, 6.07) is 0. The van der Waals surface area contributed by atoms with E-state index in [1.807, 2.05) is 20.8 Å². The second kappa shape index (κ2) is 7.04. The molecule has 110 valence electrons. The Bertz CT molecular complexity index is 549. The van der Waals surface area contributed by atoms with Crippen molar-refractivity contribution in [3.8, 4) is 0 Å². The Labute approximate surface area is 124 Å². The minimum absolute atomic E-state index is 0.323. The van der Waals surface area contributed by atoms with Gasteiger partial charge in [-0.05, 0) is 45.5 Å². The molecule has 0 saturated heterocycles. The predicted octanol–water partition coefficient (Wildman–Crippen LogP) is 1.63. The molecule has 3 N–H and O–H groups in total. The van der Waals surface area contributed by atoms with Crippen LogP contribution in [0.4, 0.5) is 0 Å². The molecule has 1 aromatic heterocycles. The van der Waals surface area contributed by atoms with Crippen LogP contribution in [0.25, 0.3) is 0 Å². The molecule has 7 heteroatoms. The number of nitrogens with zero attached hydrogens (tertiary/aromatic N) is 1. The molecule has 0 amide bonds. The molecule has 0 aliphatic carbocycles. The van der Waals surface area contributed by atoms with Crippen LogP contribution in [0, 0.1) is 13.8 Å². The molecule has 0 aliphatic rings. The maximum atomic E-state index is 11.9. The summed E-state index contributed by atoms with van der Waals surface area (Å²) < 4.78 is 5.05. The summed E-state index contributed by atoms with van der Waals surface area (Å²) in [5, 5.41) is 7.36. The lowest BCUT2D eigenvalue weighted by molar-refractivity contribution is 0.0525. The van der Waals surface area contributed by atoms with Gasteiger partial charge in [0.2, 0.25) is 0 Å². The molecule has 0 unspecified atom stereocenters. The van der Waals surface area contributed by atoms with Gasteiger partial charge < -0.3 is 15.0 Å². The van der Waals surface area contributed by atoms with Gasteiger partial charge in [0.25, 0.3) is 0 Å². The SMILES string of the molecule is CCOC(=O)c1c(C)[nH]c(C(C)=NNC(=S)NC)c1C. The van der Waals surface area contributed by atoms with E-state index in [-0.39, 0.29) is 5.97 Å². The number of rotatable bonds is 4. The number of H-pyrrole nitrogens is 1. The largest absolute Gasteiger partial charge is 0.462 e. The average Bonchev–Trinajstić information content (AvgIpc) is 2.71. The topological polar surface area (TPSA) is 78.5 Å². The van der Waals surface area contributed by atoms with Crippen LogP contribution in [-0.4, -0.2) is 35.4 Å². The zero-order chi connectivity index (χ0) is 15.3. The fraction of sp³-hybridized carbons (Fsp3) is 0.462. The highest BCUT2D eigenvalue weighted by Gasteiger charge is 2.20. The quantitative estimate of drug-likeness (QED) is 0.341. The van der Waals surface area contributed by atoms with Crippen LogP contribution < -0.4 is 10.7 Å². The average molecular weight is 296 g/mol. The molecule has 1 rings (SSSR count). The van der Waals surface area contributed by atoms with Crippen LogP contribution in [0.15, 0.2) is 5.10 Å². The highest BCUT2D eigenvalue weighted by molar-refractivity contribution is 7.80. The van der Waals surface area contributed by atoms with Gasteiger partial charge in [-0.3, -0.25) is 5.43 Å². The first-order valence-electron chi connectivity index (χ1n) is 6.31. The van der Waals surface area contributed by atoms with Crippen LogP contribution in [0.5, 0.6) is 0 Å². The lowest BCUT2D eigenvalue weighted by Gasteiger charge is -2.04. The number of ether oxygens (including phenoxy) is 1. The van der Waals surface area contributed by atoms with Crippen molar-refractivity contribution < 1.29 is 9.53 Å². The molecule has 6 nitrogen and oxygen atoms in total. The van der Waals surface area contributed by atoms with Crippen molar-refractivity contribution in [1.82, 2.24) is 15.7 Å². The number of carbonyl (C=O) groups excluding carboxylic acids is 1. The van der Waals surface area contributed by atoms with Crippen molar-refractivity contribution in [2.24, 2.45) is 5.10 Å². The summed E-state index contributed by atoms with van der Waals surface area (Å²) in [5.74, 6) is -0.323. The summed E-state index contributed by atoms with van der Waals surface area (Å²) >= 11 is 4.95. The zero-order valence-electron chi connectivity index (χ0n) is 12.4.